The summed E-state index contributed by atoms with van der Waals surface area (Å²) in [6, 6.07) is 4.96. The van der Waals surface area contributed by atoms with Crippen LogP contribution in [0.2, 0.25) is 0 Å². The van der Waals surface area contributed by atoms with Gasteiger partial charge in [0.1, 0.15) is 11.6 Å². The predicted molar refractivity (Wildman–Crippen MR) is 183 cm³/mol. The van der Waals surface area contributed by atoms with E-state index in [-0.39, 0.29) is 17.5 Å². The average molecular weight is 713 g/mol. The molecule has 2 aliphatic rings. The van der Waals surface area contributed by atoms with E-state index in [0.717, 1.165) is 29.8 Å². The van der Waals surface area contributed by atoms with E-state index < -0.39 is 21.8 Å². The first-order valence-corrected chi connectivity index (χ1v) is 18.1. The lowest BCUT2D eigenvalue weighted by atomic mass is 9.81. The summed E-state index contributed by atoms with van der Waals surface area (Å²) in [4.78, 5) is 27.6. The van der Waals surface area contributed by atoms with Gasteiger partial charge in [-0.15, -0.1) is 0 Å². The molecule has 4 heterocycles. The van der Waals surface area contributed by atoms with Gasteiger partial charge in [0.15, 0.2) is 5.82 Å². The van der Waals surface area contributed by atoms with E-state index in [4.69, 9.17) is 4.74 Å². The number of hydrogen-bond acceptors (Lipinski definition) is 11. The molecular weight excluding hydrogens is 670 g/mol. The zero-order chi connectivity index (χ0) is 35.6. The molecule has 0 saturated heterocycles. The Hall–Kier alpha value is -4.67. The molecule has 1 amide bonds. The highest BCUT2D eigenvalue weighted by Gasteiger charge is 2.38. The van der Waals surface area contributed by atoms with Gasteiger partial charge in [0.05, 0.1) is 36.0 Å². The van der Waals surface area contributed by atoms with E-state index in [1.54, 1.807) is 29.4 Å². The number of alkyl halides is 2. The number of anilines is 3. The minimum Gasteiger partial charge on any atom is -0.453 e. The van der Waals surface area contributed by atoms with Crippen molar-refractivity contribution in [2.45, 2.75) is 76.6 Å². The highest BCUT2D eigenvalue weighted by atomic mass is 32.2. The van der Waals surface area contributed by atoms with Crippen LogP contribution in [0.25, 0.3) is 22.6 Å². The predicted octanol–water partition coefficient (Wildman–Crippen LogP) is 6.16. The minimum absolute atomic E-state index is 0.285. The Labute approximate surface area is 289 Å². The van der Waals surface area contributed by atoms with Crippen LogP contribution in [-0.4, -0.2) is 84.3 Å². The van der Waals surface area contributed by atoms with Gasteiger partial charge in [-0.2, -0.15) is 23.1 Å². The molecule has 6 rings (SSSR count). The second-order valence-corrected chi connectivity index (χ2v) is 15.9. The van der Waals surface area contributed by atoms with E-state index in [2.05, 4.69) is 35.8 Å². The van der Waals surface area contributed by atoms with Gasteiger partial charge in [0.25, 0.3) is 10.0 Å². The molecule has 0 aromatic carbocycles. The Bertz CT molecular complexity index is 1910. The molecule has 2 N–H and O–H groups in total. The molecule has 0 spiro atoms. The third kappa shape index (κ3) is 8.03. The number of nitrogens with zero attached hydrogens (tertiary/aromatic N) is 8. The monoisotopic (exact) mass is 712 g/mol. The molecule has 0 radical (unpaired) electrons. The van der Waals surface area contributed by atoms with Crippen LogP contribution < -0.4 is 10.6 Å². The fourth-order valence-electron chi connectivity index (χ4n) is 6.10. The third-order valence-corrected chi connectivity index (χ3v) is 11.2. The number of halogens is 2. The maximum Gasteiger partial charge on any atom is 0.409 e. The van der Waals surface area contributed by atoms with E-state index >= 15 is 0 Å². The van der Waals surface area contributed by atoms with Gasteiger partial charge in [-0.3, -0.25) is 0 Å². The fraction of sp³-hybridized carbons (Fsp3) is 0.515. The standard InChI is InChI=1S/C33H42F2N10O4S/c1-33(2,3)43(32(46)49-4)19-22-7-5-21(6-8-22)16-37-27-15-29(38-18-25(27)26-12-14-44(42-26)31(34)35)40-28-11-13-36-30(41-28)23-17-39-45(20-23)50(47,48)24-9-10-24/h11-15,17-18,20-22,24,31H,5-10,16,19H2,1-4H3,(H2,36,37,38,40,41). The fourth-order valence-corrected chi connectivity index (χ4v) is 7.58. The van der Waals surface area contributed by atoms with Gasteiger partial charge in [-0.1, -0.05) is 0 Å². The molecule has 14 nitrogen and oxygen atoms in total. The maximum absolute atomic E-state index is 13.4. The molecule has 0 aliphatic heterocycles. The van der Waals surface area contributed by atoms with Crippen LogP contribution in [0.4, 0.5) is 30.9 Å². The van der Waals surface area contributed by atoms with Crippen LogP contribution in [0.3, 0.4) is 0 Å². The molecule has 4 aromatic rings. The number of amides is 1. The number of pyridine rings is 1. The summed E-state index contributed by atoms with van der Waals surface area (Å²) >= 11 is 0. The molecule has 4 aromatic heterocycles. The van der Waals surface area contributed by atoms with Gasteiger partial charge in [-0.05, 0) is 83.3 Å². The van der Waals surface area contributed by atoms with Crippen LogP contribution in [0, 0.1) is 11.8 Å². The van der Waals surface area contributed by atoms with Crippen molar-refractivity contribution >= 4 is 33.4 Å². The van der Waals surface area contributed by atoms with Crippen molar-refractivity contribution in [1.29, 1.82) is 0 Å². The minimum atomic E-state index is -3.53. The van der Waals surface area contributed by atoms with Crippen LogP contribution in [0.1, 0.15) is 65.8 Å². The van der Waals surface area contributed by atoms with E-state index in [0.29, 0.717) is 76.6 Å². The zero-order valence-electron chi connectivity index (χ0n) is 28.5. The Morgan fingerprint density at radius 1 is 1.06 bits per heavy atom. The van der Waals surface area contributed by atoms with Gasteiger partial charge in [0.2, 0.25) is 0 Å². The number of carbonyl (C=O) groups excluding carboxylic acids is 1. The van der Waals surface area contributed by atoms with Crippen molar-refractivity contribution in [2.24, 2.45) is 11.8 Å². The Morgan fingerprint density at radius 3 is 2.46 bits per heavy atom. The van der Waals surface area contributed by atoms with Crippen molar-refractivity contribution in [3.63, 3.8) is 0 Å². The SMILES string of the molecule is COC(=O)N(CC1CCC(CNc2cc(Nc3ccnc(-c4cnn(S(=O)(=O)C5CC5)c4)n3)ncc2-c2ccn(C(F)F)n2)CC1)C(C)(C)C. The van der Waals surface area contributed by atoms with Gasteiger partial charge >= 0.3 is 12.6 Å². The van der Waals surface area contributed by atoms with Crippen molar-refractivity contribution in [3.8, 4) is 22.6 Å². The summed E-state index contributed by atoms with van der Waals surface area (Å²) in [5.41, 5.74) is 1.68. The van der Waals surface area contributed by atoms with Crippen molar-refractivity contribution in [2.75, 3.05) is 30.8 Å². The van der Waals surface area contributed by atoms with Crippen LogP contribution >= 0.6 is 0 Å². The van der Waals surface area contributed by atoms with Crippen molar-refractivity contribution in [1.82, 2.24) is 38.8 Å². The van der Waals surface area contributed by atoms with E-state index in [1.807, 2.05) is 20.8 Å². The van der Waals surface area contributed by atoms with Gasteiger partial charge in [-0.25, -0.2) is 32.8 Å². The summed E-state index contributed by atoms with van der Waals surface area (Å²) in [6.45, 7) is 4.52. The number of rotatable bonds is 12. The molecule has 2 fully saturated rings. The molecule has 0 bridgehead atoms. The largest absolute Gasteiger partial charge is 0.453 e. The van der Waals surface area contributed by atoms with Crippen LogP contribution in [0.15, 0.2) is 49.2 Å². The first-order chi connectivity index (χ1) is 23.8. The summed E-state index contributed by atoms with van der Waals surface area (Å²) in [6.07, 6.45) is 12.0. The molecule has 268 valence electrons. The van der Waals surface area contributed by atoms with E-state index in [9.17, 15) is 22.0 Å². The van der Waals surface area contributed by atoms with Crippen LogP contribution in [-0.2, 0) is 14.8 Å². The number of ether oxygens (including phenoxy) is 1. The third-order valence-electron chi connectivity index (χ3n) is 9.12. The highest BCUT2D eigenvalue weighted by Crippen LogP contribution is 2.34. The molecule has 0 unspecified atom stereocenters. The number of aromatic nitrogens is 7. The molecule has 2 saturated carbocycles. The van der Waals surface area contributed by atoms with Gasteiger partial charge in [0, 0.05) is 54.5 Å². The molecule has 2 aliphatic carbocycles. The zero-order valence-corrected chi connectivity index (χ0v) is 29.3. The number of methoxy groups -OCH3 is 1. The lowest BCUT2D eigenvalue weighted by Crippen LogP contribution is -2.48. The Morgan fingerprint density at radius 2 is 1.80 bits per heavy atom. The summed E-state index contributed by atoms with van der Waals surface area (Å²) in [7, 11) is -2.12. The second kappa shape index (κ2) is 14.3. The number of hydrogen-bond donors (Lipinski definition) is 2. The molecular formula is C33H42F2N10O4S. The van der Waals surface area contributed by atoms with Crippen LogP contribution in [0.5, 0.6) is 0 Å². The van der Waals surface area contributed by atoms with Crippen molar-refractivity contribution < 1.29 is 26.7 Å². The maximum atomic E-state index is 13.4. The summed E-state index contributed by atoms with van der Waals surface area (Å²) < 4.78 is 58.5. The Balaban J connectivity index is 1.16. The van der Waals surface area contributed by atoms with Gasteiger partial charge < -0.3 is 20.3 Å². The second-order valence-electron chi connectivity index (χ2n) is 13.8. The Kier molecular flexibility index (Phi) is 10.0. The number of nitrogens with one attached hydrogen (secondary N) is 2. The molecule has 0 atom stereocenters. The first kappa shape index (κ1) is 35.2. The summed E-state index contributed by atoms with van der Waals surface area (Å²) in [5.74, 6) is 1.86. The normalized spacial score (nSPS) is 18.2. The topological polar surface area (TPSA) is 162 Å². The first-order valence-electron chi connectivity index (χ1n) is 16.6. The molecule has 50 heavy (non-hydrogen) atoms. The van der Waals surface area contributed by atoms with E-state index in [1.165, 1.54) is 31.8 Å². The lowest BCUT2D eigenvalue weighted by Gasteiger charge is -2.39. The lowest BCUT2D eigenvalue weighted by molar-refractivity contribution is 0.0568. The smallest absolute Gasteiger partial charge is 0.409 e. The number of carbonyl (C=O) groups is 1. The summed E-state index contributed by atoms with van der Waals surface area (Å²) in [5, 5.41) is 14.4. The highest BCUT2D eigenvalue weighted by molar-refractivity contribution is 7.90. The molecule has 17 heteroatoms. The quantitative estimate of drug-likeness (QED) is 0.173. The average Bonchev–Trinajstić information content (AvgIpc) is 3.62. The van der Waals surface area contributed by atoms with Crippen molar-refractivity contribution in [3.05, 3.63) is 49.2 Å².